The van der Waals surface area contributed by atoms with Crippen LogP contribution in [0.5, 0.6) is 5.75 Å². The van der Waals surface area contributed by atoms with E-state index in [1.165, 1.54) is 12.0 Å². The van der Waals surface area contributed by atoms with Gasteiger partial charge in [-0.05, 0) is 35.9 Å². The molecule has 0 radical (unpaired) electrons. The number of benzene rings is 3. The molecule has 0 aliphatic carbocycles. The Morgan fingerprint density at radius 2 is 1.55 bits per heavy atom. The second-order valence-corrected chi connectivity index (χ2v) is 7.12. The topological polar surface area (TPSA) is 85.3 Å². The first-order chi connectivity index (χ1) is 16.0. The van der Waals surface area contributed by atoms with Crippen LogP contribution in [0.4, 0.5) is 0 Å². The number of ether oxygens (including phenoxy) is 2. The predicted molar refractivity (Wildman–Crippen MR) is 123 cm³/mol. The van der Waals surface area contributed by atoms with E-state index in [2.05, 4.69) is 4.99 Å². The molecule has 0 bridgehead atoms. The van der Waals surface area contributed by atoms with E-state index in [1.807, 2.05) is 36.4 Å². The molecule has 0 atom stereocenters. The molecule has 0 unspecified atom stereocenters. The third-order valence-corrected chi connectivity index (χ3v) is 4.90. The summed E-state index contributed by atoms with van der Waals surface area (Å²) in [6, 6.07) is 24.6. The van der Waals surface area contributed by atoms with Crippen LogP contribution in [0.15, 0.2) is 95.6 Å². The van der Waals surface area contributed by atoms with Gasteiger partial charge in [-0.15, -0.1) is 0 Å². The summed E-state index contributed by atoms with van der Waals surface area (Å²) in [7, 11) is 1.27. The summed E-state index contributed by atoms with van der Waals surface area (Å²) < 4.78 is 10.1. The van der Waals surface area contributed by atoms with Crippen molar-refractivity contribution < 1.29 is 23.9 Å². The van der Waals surface area contributed by atoms with Crippen LogP contribution in [-0.4, -0.2) is 42.2 Å². The van der Waals surface area contributed by atoms with Crippen molar-refractivity contribution in [2.45, 2.75) is 0 Å². The summed E-state index contributed by atoms with van der Waals surface area (Å²) >= 11 is 0. The molecular formula is C26H20N2O5. The molecule has 0 spiro atoms. The number of amidine groups is 1. The number of nitrogens with zero attached hydrogens (tertiary/aromatic N) is 2. The van der Waals surface area contributed by atoms with Crippen LogP contribution < -0.4 is 4.74 Å². The van der Waals surface area contributed by atoms with Crippen molar-refractivity contribution >= 4 is 29.8 Å². The lowest BCUT2D eigenvalue weighted by Gasteiger charge is -2.16. The molecule has 3 aromatic carbocycles. The van der Waals surface area contributed by atoms with Crippen LogP contribution in [0.3, 0.4) is 0 Å². The third-order valence-electron chi connectivity index (χ3n) is 4.90. The number of hydrogen-bond donors (Lipinski definition) is 0. The molecule has 164 valence electrons. The maximum Gasteiger partial charge on any atom is 0.343 e. The molecule has 1 heterocycles. The molecule has 7 heteroatoms. The van der Waals surface area contributed by atoms with Gasteiger partial charge in [0.15, 0.2) is 0 Å². The minimum Gasteiger partial charge on any atom is -0.468 e. The van der Waals surface area contributed by atoms with Gasteiger partial charge in [0, 0.05) is 5.56 Å². The molecule has 33 heavy (non-hydrogen) atoms. The molecule has 7 nitrogen and oxygen atoms in total. The summed E-state index contributed by atoms with van der Waals surface area (Å²) in [4.78, 5) is 42.8. The van der Waals surface area contributed by atoms with E-state index in [9.17, 15) is 14.4 Å². The highest BCUT2D eigenvalue weighted by molar-refractivity contribution is 6.20. The van der Waals surface area contributed by atoms with Gasteiger partial charge in [0.1, 0.15) is 23.8 Å². The van der Waals surface area contributed by atoms with Crippen molar-refractivity contribution in [3.8, 4) is 5.75 Å². The van der Waals surface area contributed by atoms with Crippen molar-refractivity contribution in [2.75, 3.05) is 13.7 Å². The van der Waals surface area contributed by atoms with Crippen LogP contribution in [0, 0.1) is 0 Å². The monoisotopic (exact) mass is 440 g/mol. The summed E-state index contributed by atoms with van der Waals surface area (Å²) in [6.45, 7) is -0.241. The molecule has 0 saturated heterocycles. The lowest BCUT2D eigenvalue weighted by atomic mass is 10.2. The van der Waals surface area contributed by atoms with E-state index in [1.54, 1.807) is 54.6 Å². The lowest BCUT2D eigenvalue weighted by Crippen LogP contribution is -2.37. The summed E-state index contributed by atoms with van der Waals surface area (Å²) in [5.41, 5.74) is 2.04. The zero-order valence-corrected chi connectivity index (χ0v) is 17.8. The van der Waals surface area contributed by atoms with Crippen molar-refractivity contribution in [1.82, 2.24) is 4.90 Å². The van der Waals surface area contributed by atoms with Gasteiger partial charge in [-0.1, -0.05) is 60.7 Å². The fraction of sp³-hybridized carbons (Fsp3) is 0.0769. The molecular weight excluding hydrogens is 420 g/mol. The number of rotatable bonds is 6. The number of carbonyl (C=O) groups is 3. The van der Waals surface area contributed by atoms with Crippen molar-refractivity contribution in [1.29, 1.82) is 0 Å². The normalized spacial score (nSPS) is 14.2. The summed E-state index contributed by atoms with van der Waals surface area (Å²) in [6.07, 6.45) is 1.62. The average molecular weight is 440 g/mol. The van der Waals surface area contributed by atoms with E-state index >= 15 is 0 Å². The van der Waals surface area contributed by atoms with Gasteiger partial charge in [-0.3, -0.25) is 14.5 Å². The quantitative estimate of drug-likeness (QED) is 0.331. The van der Waals surface area contributed by atoms with Crippen LogP contribution in [0.2, 0.25) is 0 Å². The highest BCUT2D eigenvalue weighted by Crippen LogP contribution is 2.23. The second kappa shape index (κ2) is 9.74. The Morgan fingerprint density at radius 3 is 2.18 bits per heavy atom. The first-order valence-electron chi connectivity index (χ1n) is 10.2. The molecule has 1 aliphatic heterocycles. The van der Waals surface area contributed by atoms with Gasteiger partial charge in [0.25, 0.3) is 5.91 Å². The van der Waals surface area contributed by atoms with Crippen LogP contribution in [0.25, 0.3) is 6.08 Å². The molecule has 3 aromatic rings. The van der Waals surface area contributed by atoms with Crippen molar-refractivity contribution in [3.63, 3.8) is 0 Å². The van der Waals surface area contributed by atoms with E-state index < -0.39 is 17.8 Å². The van der Waals surface area contributed by atoms with Crippen LogP contribution in [0.1, 0.15) is 21.5 Å². The van der Waals surface area contributed by atoms with Gasteiger partial charge in [-0.2, -0.15) is 0 Å². The largest absolute Gasteiger partial charge is 0.468 e. The molecule has 1 aliphatic rings. The lowest BCUT2D eigenvalue weighted by molar-refractivity contribution is -0.143. The zero-order valence-electron chi connectivity index (χ0n) is 17.8. The molecule has 0 N–H and O–H groups in total. The minimum atomic E-state index is -0.544. The summed E-state index contributed by atoms with van der Waals surface area (Å²) in [5, 5.41) is 0. The predicted octanol–water partition coefficient (Wildman–Crippen LogP) is 3.71. The first kappa shape index (κ1) is 21.7. The third kappa shape index (κ3) is 5.04. The number of amides is 1. The van der Waals surface area contributed by atoms with Crippen LogP contribution >= 0.6 is 0 Å². The number of hydrogen-bond acceptors (Lipinski definition) is 6. The molecule has 0 aromatic heterocycles. The zero-order chi connectivity index (χ0) is 23.2. The van der Waals surface area contributed by atoms with Gasteiger partial charge in [-0.25, -0.2) is 9.79 Å². The highest BCUT2D eigenvalue weighted by Gasteiger charge is 2.32. The SMILES string of the molecule is COC(=O)CN1C(=O)/C(=C/c2ccc(OC(=O)c3ccccc3)cc2)N=C1c1ccccc1. The van der Waals surface area contributed by atoms with Gasteiger partial charge >= 0.3 is 11.9 Å². The Kier molecular flexibility index (Phi) is 6.40. The Balaban J connectivity index is 1.56. The van der Waals surface area contributed by atoms with E-state index in [-0.39, 0.29) is 12.2 Å². The fourth-order valence-electron chi connectivity index (χ4n) is 3.23. The molecule has 0 saturated carbocycles. The van der Waals surface area contributed by atoms with Gasteiger partial charge in [0.05, 0.1) is 12.7 Å². The van der Waals surface area contributed by atoms with Crippen molar-refractivity contribution in [3.05, 3.63) is 107 Å². The average Bonchev–Trinajstić information content (AvgIpc) is 3.16. The standard InChI is InChI=1S/C26H20N2O5/c1-32-23(29)17-28-24(19-8-4-2-5-9-19)27-22(25(28)30)16-18-12-14-21(15-13-18)33-26(31)20-10-6-3-7-11-20/h2-16H,17H2,1H3/b22-16-. The molecule has 4 rings (SSSR count). The van der Waals surface area contributed by atoms with Crippen LogP contribution in [-0.2, 0) is 14.3 Å². The highest BCUT2D eigenvalue weighted by atomic mass is 16.5. The fourth-order valence-corrected chi connectivity index (χ4v) is 3.23. The number of aliphatic imine (C=N–C) groups is 1. The first-order valence-corrected chi connectivity index (χ1v) is 10.2. The second-order valence-electron chi connectivity index (χ2n) is 7.12. The molecule has 0 fully saturated rings. The number of methoxy groups -OCH3 is 1. The Hall–Kier alpha value is -4.52. The smallest absolute Gasteiger partial charge is 0.343 e. The maximum atomic E-state index is 13.0. The number of esters is 2. The number of carbonyl (C=O) groups excluding carboxylic acids is 3. The molecule has 1 amide bonds. The van der Waals surface area contributed by atoms with E-state index in [0.29, 0.717) is 28.3 Å². The van der Waals surface area contributed by atoms with Gasteiger partial charge in [0.2, 0.25) is 0 Å². The summed E-state index contributed by atoms with van der Waals surface area (Å²) in [5.74, 6) is -0.643. The maximum absolute atomic E-state index is 13.0. The Morgan fingerprint density at radius 1 is 0.909 bits per heavy atom. The van der Waals surface area contributed by atoms with Crippen molar-refractivity contribution in [2.24, 2.45) is 4.99 Å². The Labute approximate surface area is 190 Å². The van der Waals surface area contributed by atoms with Gasteiger partial charge < -0.3 is 9.47 Å². The van der Waals surface area contributed by atoms with E-state index in [0.717, 1.165) is 0 Å². The minimum absolute atomic E-state index is 0.187. The van der Waals surface area contributed by atoms with E-state index in [4.69, 9.17) is 9.47 Å². The Bertz CT molecular complexity index is 1230.